The van der Waals surface area contributed by atoms with E-state index in [4.69, 9.17) is 5.21 Å². The predicted octanol–water partition coefficient (Wildman–Crippen LogP) is 4.59. The molecule has 9 heteroatoms. The second kappa shape index (κ2) is 11.1. The molecule has 8 nitrogen and oxygen atoms in total. The number of hydrogen-bond acceptors (Lipinski definition) is 5. The van der Waals surface area contributed by atoms with Crippen LogP contribution >= 0.6 is 0 Å². The first-order chi connectivity index (χ1) is 18.5. The van der Waals surface area contributed by atoms with Gasteiger partial charge in [-0.25, -0.2) is 13.9 Å². The molecule has 0 aliphatic heterocycles. The highest BCUT2D eigenvalue weighted by atomic mass is 32.2. The van der Waals surface area contributed by atoms with Gasteiger partial charge in [-0.2, -0.15) is 4.31 Å². The van der Waals surface area contributed by atoms with Crippen molar-refractivity contribution in [3.05, 3.63) is 108 Å². The van der Waals surface area contributed by atoms with Crippen LogP contribution in [0.1, 0.15) is 23.1 Å². The van der Waals surface area contributed by atoms with Crippen LogP contribution in [-0.4, -0.2) is 40.4 Å². The van der Waals surface area contributed by atoms with Crippen molar-refractivity contribution in [3.8, 4) is 0 Å². The quantitative estimate of drug-likeness (QED) is 0.181. The summed E-state index contributed by atoms with van der Waals surface area (Å²) in [4.78, 5) is 19.2. The van der Waals surface area contributed by atoms with Crippen LogP contribution in [-0.2, 0) is 34.2 Å². The Balaban J connectivity index is 1.45. The Hall–Kier alpha value is -4.05. The maximum absolute atomic E-state index is 14.1. The summed E-state index contributed by atoms with van der Waals surface area (Å²) in [5.41, 5.74) is 5.90. The molecule has 0 aliphatic carbocycles. The normalized spacial score (nSPS) is 11.8. The van der Waals surface area contributed by atoms with Crippen molar-refractivity contribution in [2.45, 2.75) is 30.7 Å². The van der Waals surface area contributed by atoms with Crippen molar-refractivity contribution < 1.29 is 18.4 Å². The molecule has 0 saturated heterocycles. The Kier molecular flexibility index (Phi) is 7.50. The first-order valence-electron chi connectivity index (χ1n) is 12.4. The number of nitrogens with zero attached hydrogens (tertiary/aromatic N) is 2. The van der Waals surface area contributed by atoms with Crippen molar-refractivity contribution in [3.63, 3.8) is 0 Å². The number of H-pyrrole nitrogens is 1. The topological polar surface area (TPSA) is 115 Å². The highest BCUT2D eigenvalue weighted by Gasteiger charge is 2.27. The second-order valence-electron chi connectivity index (χ2n) is 9.13. The Labute approximate surface area is 221 Å². The molecule has 1 amide bonds. The van der Waals surface area contributed by atoms with Crippen LogP contribution < -0.4 is 5.48 Å². The smallest absolute Gasteiger partial charge is 0.245 e. The van der Waals surface area contributed by atoms with E-state index in [1.807, 2.05) is 66.9 Å². The van der Waals surface area contributed by atoms with Gasteiger partial charge in [0.2, 0.25) is 15.9 Å². The average molecular weight is 529 g/mol. The van der Waals surface area contributed by atoms with E-state index in [1.165, 1.54) is 4.31 Å². The summed E-state index contributed by atoms with van der Waals surface area (Å²) in [5, 5.41) is 10.5. The highest BCUT2D eigenvalue weighted by molar-refractivity contribution is 7.89. The second-order valence-corrected chi connectivity index (χ2v) is 11.0. The van der Waals surface area contributed by atoms with Crippen molar-refractivity contribution in [1.82, 2.24) is 19.8 Å². The van der Waals surface area contributed by atoms with Crippen molar-refractivity contribution in [2.75, 3.05) is 6.54 Å². The van der Waals surface area contributed by atoms with Gasteiger partial charge in [-0.15, -0.1) is 0 Å². The average Bonchev–Trinajstić information content (AvgIpc) is 3.37. The summed E-state index contributed by atoms with van der Waals surface area (Å²) in [6.07, 6.45) is 4.71. The van der Waals surface area contributed by atoms with E-state index in [1.54, 1.807) is 29.9 Å². The van der Waals surface area contributed by atoms with E-state index in [-0.39, 0.29) is 24.4 Å². The fraction of sp³-hybridized carbons (Fsp3) is 0.172. The van der Waals surface area contributed by atoms with Gasteiger partial charge in [0.15, 0.2) is 0 Å². The molecule has 2 heterocycles. The number of carbonyl (C=O) groups is 1. The standard InChI is InChI=1S/C29H28N4O4S/c34-28(32-35)15-14-21-10-12-22(13-11-21)20-33(18-16-24-19-31-26-8-2-1-7-25(24)26)38(36,37)27-9-3-5-23-6-4-17-30-29(23)27/h1-13,17,19,31,35H,14-16,18,20H2,(H,32,34). The minimum Gasteiger partial charge on any atom is -0.361 e. The zero-order chi connectivity index (χ0) is 26.5. The zero-order valence-corrected chi connectivity index (χ0v) is 21.5. The van der Waals surface area contributed by atoms with Gasteiger partial charge < -0.3 is 4.98 Å². The number of hydroxylamine groups is 1. The third-order valence-electron chi connectivity index (χ3n) is 6.67. The van der Waals surface area contributed by atoms with Crippen LogP contribution in [0, 0.1) is 0 Å². The van der Waals surface area contributed by atoms with Gasteiger partial charge in [0.05, 0.1) is 5.52 Å². The van der Waals surface area contributed by atoms with Gasteiger partial charge in [0.25, 0.3) is 0 Å². The Bertz CT molecular complexity index is 1680. The molecule has 0 fully saturated rings. The van der Waals surface area contributed by atoms with Crippen LogP contribution in [0.5, 0.6) is 0 Å². The number of hydrogen-bond donors (Lipinski definition) is 3. The van der Waals surface area contributed by atoms with Crippen LogP contribution in [0.25, 0.3) is 21.8 Å². The van der Waals surface area contributed by atoms with E-state index in [0.29, 0.717) is 18.4 Å². The summed E-state index contributed by atoms with van der Waals surface area (Å²) in [6.45, 7) is 0.469. The molecule has 38 heavy (non-hydrogen) atoms. The largest absolute Gasteiger partial charge is 0.361 e. The van der Waals surface area contributed by atoms with Crippen molar-refractivity contribution >= 4 is 37.7 Å². The van der Waals surface area contributed by atoms with Gasteiger partial charge in [-0.05, 0) is 47.7 Å². The van der Waals surface area contributed by atoms with Gasteiger partial charge >= 0.3 is 0 Å². The molecule has 3 aromatic carbocycles. The van der Waals surface area contributed by atoms with E-state index in [2.05, 4.69) is 9.97 Å². The molecule has 0 saturated carbocycles. The van der Waals surface area contributed by atoms with E-state index >= 15 is 0 Å². The third-order valence-corrected chi connectivity index (χ3v) is 8.54. The molecule has 0 aliphatic rings. The lowest BCUT2D eigenvalue weighted by atomic mass is 10.1. The maximum atomic E-state index is 14.1. The van der Waals surface area contributed by atoms with E-state index < -0.39 is 15.9 Å². The molecule has 2 aromatic heterocycles. The molecule has 0 atom stereocenters. The van der Waals surface area contributed by atoms with E-state index in [9.17, 15) is 13.2 Å². The summed E-state index contributed by atoms with van der Waals surface area (Å²) < 4.78 is 29.6. The number of amides is 1. The maximum Gasteiger partial charge on any atom is 0.245 e. The fourth-order valence-corrected chi connectivity index (χ4v) is 6.21. The third kappa shape index (κ3) is 5.45. The van der Waals surface area contributed by atoms with Gasteiger partial charge in [0.1, 0.15) is 4.90 Å². The first kappa shape index (κ1) is 25.6. The summed E-state index contributed by atoms with van der Waals surface area (Å²) in [5.74, 6) is -0.452. The summed E-state index contributed by atoms with van der Waals surface area (Å²) >= 11 is 0. The van der Waals surface area contributed by atoms with Gasteiger partial charge in [0, 0.05) is 48.2 Å². The number of aromatic amines is 1. The molecule has 3 N–H and O–H groups in total. The van der Waals surface area contributed by atoms with Crippen LogP contribution in [0.2, 0.25) is 0 Å². The van der Waals surface area contributed by atoms with Gasteiger partial charge in [-0.3, -0.25) is 15.0 Å². The monoisotopic (exact) mass is 528 g/mol. The van der Waals surface area contributed by atoms with Crippen molar-refractivity contribution in [2.24, 2.45) is 0 Å². The number of carbonyl (C=O) groups excluding carboxylic acids is 1. The minimum absolute atomic E-state index is 0.162. The number of aromatic nitrogens is 2. The predicted molar refractivity (Wildman–Crippen MR) is 146 cm³/mol. The SMILES string of the molecule is O=C(CCc1ccc(CN(CCc2c[nH]c3ccccc23)S(=O)(=O)c2cccc3cccnc23)cc1)NO. The molecule has 0 unspecified atom stereocenters. The number of benzene rings is 3. The number of rotatable bonds is 10. The molecule has 0 radical (unpaired) electrons. The Morgan fingerprint density at radius 3 is 2.50 bits per heavy atom. The minimum atomic E-state index is -3.89. The molecule has 194 valence electrons. The first-order valence-corrected chi connectivity index (χ1v) is 13.8. The molecular formula is C29H28N4O4S. The lowest BCUT2D eigenvalue weighted by Crippen LogP contribution is -2.32. The molecule has 5 aromatic rings. The number of nitrogens with one attached hydrogen (secondary N) is 2. The summed E-state index contributed by atoms with van der Waals surface area (Å²) in [7, 11) is -3.89. The zero-order valence-electron chi connectivity index (χ0n) is 20.7. The Morgan fingerprint density at radius 1 is 0.921 bits per heavy atom. The lowest BCUT2D eigenvalue weighted by Gasteiger charge is -2.23. The van der Waals surface area contributed by atoms with Crippen LogP contribution in [0.3, 0.4) is 0 Å². The van der Waals surface area contributed by atoms with Crippen molar-refractivity contribution in [1.29, 1.82) is 0 Å². The Morgan fingerprint density at radius 2 is 1.68 bits per heavy atom. The number of sulfonamides is 1. The molecule has 0 spiro atoms. The molecular weight excluding hydrogens is 500 g/mol. The van der Waals surface area contributed by atoms with E-state index in [0.717, 1.165) is 33.0 Å². The van der Waals surface area contributed by atoms with Crippen LogP contribution in [0.4, 0.5) is 0 Å². The fourth-order valence-electron chi connectivity index (χ4n) is 4.62. The summed E-state index contributed by atoms with van der Waals surface area (Å²) in [6, 6.07) is 24.3. The molecule has 0 bridgehead atoms. The highest BCUT2D eigenvalue weighted by Crippen LogP contribution is 2.27. The number of pyridine rings is 1. The number of aryl methyl sites for hydroxylation is 1. The van der Waals surface area contributed by atoms with Gasteiger partial charge in [-0.1, -0.05) is 60.7 Å². The number of para-hydroxylation sites is 2. The van der Waals surface area contributed by atoms with Crippen LogP contribution in [0.15, 0.2) is 96.2 Å². The number of fused-ring (bicyclic) bond motifs is 2. The molecule has 5 rings (SSSR count). The lowest BCUT2D eigenvalue weighted by molar-refractivity contribution is -0.129.